The number of ether oxygens (including phenoxy) is 1. The van der Waals surface area contributed by atoms with Crippen LogP contribution in [0.1, 0.15) is 58.0 Å². The number of carbonyl (C=O) groups is 1. The largest absolute Gasteiger partial charge is 0.462 e. The number of carbonyl (C=O) groups excluding carboxylic acids is 1. The molecule has 0 aliphatic carbocycles. The van der Waals surface area contributed by atoms with Gasteiger partial charge in [-0.15, -0.1) is 0 Å². The van der Waals surface area contributed by atoms with Crippen LogP contribution in [0.25, 0.3) is 0 Å². The zero-order valence-corrected chi connectivity index (χ0v) is 15.5. The van der Waals surface area contributed by atoms with Gasteiger partial charge in [-0.2, -0.15) is 0 Å². The molecule has 0 aliphatic rings. The van der Waals surface area contributed by atoms with Crippen molar-refractivity contribution in [3.05, 3.63) is 24.2 Å². The van der Waals surface area contributed by atoms with E-state index in [4.69, 9.17) is 9.15 Å². The highest BCUT2D eigenvalue weighted by Crippen LogP contribution is 2.06. The van der Waals surface area contributed by atoms with Crippen molar-refractivity contribution in [3.63, 3.8) is 0 Å². The molecule has 0 unspecified atom stereocenters. The van der Waals surface area contributed by atoms with Gasteiger partial charge in [0, 0.05) is 0 Å². The average Bonchev–Trinajstić information content (AvgIpc) is 3.05. The zero-order valence-electron chi connectivity index (χ0n) is 15.5. The summed E-state index contributed by atoms with van der Waals surface area (Å²) in [4.78, 5) is 19.0. The molecule has 6 heteroatoms. The molecule has 0 bridgehead atoms. The lowest BCUT2D eigenvalue weighted by molar-refractivity contribution is 0.0932. The fraction of sp³-hybridized carbons (Fsp3) is 0.667. The summed E-state index contributed by atoms with van der Waals surface area (Å²) in [5, 5.41) is 2.69. The Morgan fingerprint density at radius 1 is 1.33 bits per heavy atom. The van der Waals surface area contributed by atoms with E-state index in [1.807, 2.05) is 20.8 Å². The first kappa shape index (κ1) is 20.2. The van der Waals surface area contributed by atoms with Gasteiger partial charge in [0.15, 0.2) is 5.76 Å². The van der Waals surface area contributed by atoms with E-state index in [9.17, 15) is 4.79 Å². The topological polar surface area (TPSA) is 67.1 Å². The number of furan rings is 1. The SMILES string of the molecule is CCN(CC)CCC[C@@H](C)N=C(NC(=O)c1ccco1)OC(C)C. The molecule has 1 atom stereocenters. The van der Waals surface area contributed by atoms with Crippen LogP contribution in [0.15, 0.2) is 27.8 Å². The molecule has 1 amide bonds. The monoisotopic (exact) mass is 337 g/mol. The molecule has 0 saturated carbocycles. The van der Waals surface area contributed by atoms with Gasteiger partial charge in [0.25, 0.3) is 11.9 Å². The summed E-state index contributed by atoms with van der Waals surface area (Å²) in [5.74, 6) is -0.112. The molecular weight excluding hydrogens is 306 g/mol. The number of amidine groups is 1. The second kappa shape index (κ2) is 10.9. The number of nitrogens with one attached hydrogen (secondary N) is 1. The van der Waals surface area contributed by atoms with Crippen LogP contribution in [-0.2, 0) is 4.74 Å². The van der Waals surface area contributed by atoms with E-state index < -0.39 is 0 Å². The molecular formula is C18H31N3O3. The maximum atomic E-state index is 12.1. The maximum Gasteiger partial charge on any atom is 0.294 e. The van der Waals surface area contributed by atoms with Crippen LogP contribution in [0, 0.1) is 0 Å². The summed E-state index contributed by atoms with van der Waals surface area (Å²) >= 11 is 0. The van der Waals surface area contributed by atoms with E-state index in [-0.39, 0.29) is 29.8 Å². The third kappa shape index (κ3) is 7.64. The van der Waals surface area contributed by atoms with Crippen LogP contribution < -0.4 is 5.32 Å². The standard InChI is InChI=1S/C18H31N3O3/c1-6-21(7-2)12-8-10-15(5)19-18(24-14(3)4)20-17(22)16-11-9-13-23-16/h9,11,13-15H,6-8,10,12H2,1-5H3,(H,19,20,22)/t15-/m1/s1. The minimum absolute atomic E-state index is 0.0662. The van der Waals surface area contributed by atoms with E-state index in [0.29, 0.717) is 0 Å². The minimum atomic E-state index is -0.352. The third-order valence-electron chi connectivity index (χ3n) is 3.64. The molecule has 24 heavy (non-hydrogen) atoms. The number of amides is 1. The highest BCUT2D eigenvalue weighted by Gasteiger charge is 2.15. The Kier molecular flexibility index (Phi) is 9.15. The third-order valence-corrected chi connectivity index (χ3v) is 3.64. The second-order valence-corrected chi connectivity index (χ2v) is 6.05. The number of hydrogen-bond acceptors (Lipinski definition) is 5. The summed E-state index contributed by atoms with van der Waals surface area (Å²) < 4.78 is 10.7. The first-order chi connectivity index (χ1) is 11.5. The molecule has 0 fully saturated rings. The lowest BCUT2D eigenvalue weighted by atomic mass is 10.2. The number of aliphatic imine (C=N–C) groups is 1. The van der Waals surface area contributed by atoms with Crippen LogP contribution in [0.2, 0.25) is 0 Å². The fourth-order valence-electron chi connectivity index (χ4n) is 2.30. The van der Waals surface area contributed by atoms with E-state index in [1.165, 1.54) is 6.26 Å². The normalized spacial score (nSPS) is 13.4. The van der Waals surface area contributed by atoms with Crippen molar-refractivity contribution in [3.8, 4) is 0 Å². The summed E-state index contributed by atoms with van der Waals surface area (Å²) in [5.41, 5.74) is 0. The van der Waals surface area contributed by atoms with Crippen LogP contribution in [0.3, 0.4) is 0 Å². The lowest BCUT2D eigenvalue weighted by Crippen LogP contribution is -2.35. The van der Waals surface area contributed by atoms with Crippen molar-refractivity contribution in [1.82, 2.24) is 10.2 Å². The van der Waals surface area contributed by atoms with Crippen molar-refractivity contribution in [2.75, 3.05) is 19.6 Å². The van der Waals surface area contributed by atoms with Gasteiger partial charge in [0.2, 0.25) is 0 Å². The Labute approximate surface area is 145 Å². The van der Waals surface area contributed by atoms with Gasteiger partial charge in [-0.05, 0) is 65.4 Å². The predicted octanol–water partition coefficient (Wildman–Crippen LogP) is 3.30. The Hall–Kier alpha value is -1.82. The van der Waals surface area contributed by atoms with E-state index in [2.05, 4.69) is 29.1 Å². The molecule has 1 aromatic rings. The Balaban J connectivity index is 2.58. The Morgan fingerprint density at radius 2 is 2.04 bits per heavy atom. The van der Waals surface area contributed by atoms with Crippen molar-refractivity contribution in [2.24, 2.45) is 4.99 Å². The molecule has 136 valence electrons. The molecule has 1 rings (SSSR count). The lowest BCUT2D eigenvalue weighted by Gasteiger charge is -2.19. The summed E-state index contributed by atoms with van der Waals surface area (Å²) in [6.07, 6.45) is 3.40. The van der Waals surface area contributed by atoms with Gasteiger partial charge in [-0.1, -0.05) is 13.8 Å². The van der Waals surface area contributed by atoms with Gasteiger partial charge >= 0.3 is 0 Å². The number of hydrogen-bond donors (Lipinski definition) is 1. The zero-order chi connectivity index (χ0) is 17.9. The van der Waals surface area contributed by atoms with Crippen LogP contribution in [-0.4, -0.2) is 48.6 Å². The first-order valence-electron chi connectivity index (χ1n) is 8.77. The van der Waals surface area contributed by atoms with Gasteiger partial charge in [-0.25, -0.2) is 4.99 Å². The minimum Gasteiger partial charge on any atom is -0.462 e. The molecule has 0 spiro atoms. The molecule has 1 heterocycles. The van der Waals surface area contributed by atoms with Gasteiger partial charge in [0.05, 0.1) is 18.4 Å². The molecule has 1 aromatic heterocycles. The van der Waals surface area contributed by atoms with Crippen molar-refractivity contribution < 1.29 is 13.9 Å². The molecule has 6 nitrogen and oxygen atoms in total. The predicted molar refractivity (Wildman–Crippen MR) is 96.3 cm³/mol. The van der Waals surface area contributed by atoms with Crippen molar-refractivity contribution in [2.45, 2.75) is 59.6 Å². The van der Waals surface area contributed by atoms with E-state index in [0.717, 1.165) is 32.5 Å². The van der Waals surface area contributed by atoms with Crippen LogP contribution >= 0.6 is 0 Å². The number of nitrogens with zero attached hydrogens (tertiary/aromatic N) is 2. The first-order valence-corrected chi connectivity index (χ1v) is 8.77. The second-order valence-electron chi connectivity index (χ2n) is 6.05. The van der Waals surface area contributed by atoms with E-state index >= 15 is 0 Å². The smallest absolute Gasteiger partial charge is 0.294 e. The summed E-state index contributed by atoms with van der Waals surface area (Å²) in [7, 11) is 0. The summed E-state index contributed by atoms with van der Waals surface area (Å²) in [6.45, 7) is 13.4. The fourth-order valence-corrected chi connectivity index (χ4v) is 2.30. The molecule has 0 aromatic carbocycles. The van der Waals surface area contributed by atoms with Crippen LogP contribution in [0.4, 0.5) is 0 Å². The average molecular weight is 337 g/mol. The highest BCUT2D eigenvalue weighted by molar-refractivity contribution is 6.02. The highest BCUT2D eigenvalue weighted by atomic mass is 16.5. The Bertz CT molecular complexity index is 494. The molecule has 0 aliphatic heterocycles. The van der Waals surface area contributed by atoms with Crippen molar-refractivity contribution in [1.29, 1.82) is 0 Å². The van der Waals surface area contributed by atoms with Crippen molar-refractivity contribution >= 4 is 11.9 Å². The molecule has 0 radical (unpaired) electrons. The Morgan fingerprint density at radius 3 is 2.58 bits per heavy atom. The maximum absolute atomic E-state index is 12.1. The molecule has 1 N–H and O–H groups in total. The van der Waals surface area contributed by atoms with Gasteiger partial charge in [-0.3, -0.25) is 10.1 Å². The number of rotatable bonds is 9. The van der Waals surface area contributed by atoms with E-state index in [1.54, 1.807) is 12.1 Å². The van der Waals surface area contributed by atoms with Gasteiger partial charge < -0.3 is 14.1 Å². The molecule has 0 saturated heterocycles. The van der Waals surface area contributed by atoms with Crippen LogP contribution in [0.5, 0.6) is 0 Å². The quantitative estimate of drug-likeness (QED) is 0.554. The summed E-state index contributed by atoms with van der Waals surface area (Å²) in [6, 6.07) is 3.61. The van der Waals surface area contributed by atoms with Gasteiger partial charge in [0.1, 0.15) is 0 Å².